The highest BCUT2D eigenvalue weighted by Gasteiger charge is 2.20. The van der Waals surface area contributed by atoms with Crippen LogP contribution in [0.2, 0.25) is 0 Å². The normalized spacial score (nSPS) is 31.4. The third-order valence-corrected chi connectivity index (χ3v) is 2.76. The van der Waals surface area contributed by atoms with Crippen LogP contribution in [0.25, 0.3) is 0 Å². The molecule has 1 aliphatic rings. The summed E-state index contributed by atoms with van der Waals surface area (Å²) in [4.78, 5) is 0. The van der Waals surface area contributed by atoms with Gasteiger partial charge in [-0.15, -0.1) is 0 Å². The van der Waals surface area contributed by atoms with E-state index in [0.717, 1.165) is 18.3 Å². The summed E-state index contributed by atoms with van der Waals surface area (Å²) in [7, 11) is 1.77. The highest BCUT2D eigenvalue weighted by Crippen LogP contribution is 2.31. The summed E-state index contributed by atoms with van der Waals surface area (Å²) in [5, 5.41) is 0. The van der Waals surface area contributed by atoms with Crippen molar-refractivity contribution < 1.29 is 4.74 Å². The molecular formula is C10H18O. The van der Waals surface area contributed by atoms with Gasteiger partial charge in [-0.3, -0.25) is 0 Å². The Kier molecular flexibility index (Phi) is 2.98. The fourth-order valence-electron chi connectivity index (χ4n) is 1.82. The molecule has 0 saturated carbocycles. The molecule has 0 spiro atoms. The average Bonchev–Trinajstić information content (AvgIpc) is 2.04. The Bertz CT molecular complexity index is 149. The molecule has 2 atom stereocenters. The number of hydrogen-bond acceptors (Lipinski definition) is 1. The van der Waals surface area contributed by atoms with Crippen LogP contribution in [-0.2, 0) is 4.74 Å². The molecule has 0 fully saturated rings. The Morgan fingerprint density at radius 2 is 2.36 bits per heavy atom. The first-order valence-corrected chi connectivity index (χ1v) is 4.51. The van der Waals surface area contributed by atoms with Crippen molar-refractivity contribution in [2.45, 2.75) is 33.1 Å². The summed E-state index contributed by atoms with van der Waals surface area (Å²) < 4.78 is 5.22. The molecule has 0 heterocycles. The number of ether oxygens (including phenoxy) is 1. The third kappa shape index (κ3) is 1.98. The van der Waals surface area contributed by atoms with Crippen LogP contribution in [0, 0.1) is 11.8 Å². The topological polar surface area (TPSA) is 9.23 Å². The van der Waals surface area contributed by atoms with Gasteiger partial charge in [0.15, 0.2) is 0 Å². The quantitative estimate of drug-likeness (QED) is 0.594. The highest BCUT2D eigenvalue weighted by atomic mass is 16.5. The molecular weight excluding hydrogens is 136 g/mol. The van der Waals surface area contributed by atoms with Gasteiger partial charge in [-0.2, -0.15) is 0 Å². The number of allylic oxidation sites excluding steroid dienone is 2. The Labute approximate surface area is 69.4 Å². The van der Waals surface area contributed by atoms with Crippen LogP contribution in [0.5, 0.6) is 0 Å². The Morgan fingerprint density at radius 1 is 1.64 bits per heavy atom. The molecule has 0 aromatic carbocycles. The lowest BCUT2D eigenvalue weighted by Gasteiger charge is -2.26. The molecule has 0 amide bonds. The molecule has 0 aromatic heterocycles. The Hall–Kier alpha value is -0.460. The predicted octanol–water partition coefficient (Wildman–Crippen LogP) is 2.97. The lowest BCUT2D eigenvalue weighted by molar-refractivity contribution is 0.217. The van der Waals surface area contributed by atoms with Crippen molar-refractivity contribution in [3.05, 3.63) is 11.8 Å². The van der Waals surface area contributed by atoms with Crippen LogP contribution in [0.15, 0.2) is 11.8 Å². The number of rotatable bonds is 2. The van der Waals surface area contributed by atoms with Crippen molar-refractivity contribution in [1.82, 2.24) is 0 Å². The molecule has 0 radical (unpaired) electrons. The summed E-state index contributed by atoms with van der Waals surface area (Å²) in [5.41, 5.74) is 0. The summed E-state index contributed by atoms with van der Waals surface area (Å²) in [6, 6.07) is 0. The Morgan fingerprint density at radius 3 is 2.82 bits per heavy atom. The Balaban J connectivity index is 2.51. The average molecular weight is 154 g/mol. The highest BCUT2D eigenvalue weighted by molar-refractivity contribution is 5.00. The second-order valence-corrected chi connectivity index (χ2v) is 3.46. The third-order valence-electron chi connectivity index (χ3n) is 2.76. The van der Waals surface area contributed by atoms with E-state index in [1.807, 2.05) is 0 Å². The predicted molar refractivity (Wildman–Crippen MR) is 47.3 cm³/mol. The van der Waals surface area contributed by atoms with Gasteiger partial charge in [0.1, 0.15) is 0 Å². The van der Waals surface area contributed by atoms with E-state index in [1.54, 1.807) is 7.11 Å². The van der Waals surface area contributed by atoms with Crippen molar-refractivity contribution in [2.75, 3.05) is 7.11 Å². The lowest BCUT2D eigenvalue weighted by atomic mass is 9.82. The minimum absolute atomic E-state index is 0.806. The maximum absolute atomic E-state index is 5.22. The molecule has 2 unspecified atom stereocenters. The van der Waals surface area contributed by atoms with Gasteiger partial charge in [0, 0.05) is 6.42 Å². The first-order valence-electron chi connectivity index (χ1n) is 4.51. The molecule has 0 aromatic rings. The fraction of sp³-hybridized carbons (Fsp3) is 0.800. The van der Waals surface area contributed by atoms with Crippen LogP contribution in [0.3, 0.4) is 0 Å². The number of methoxy groups -OCH3 is 1. The minimum atomic E-state index is 0.806. The standard InChI is InChI=1S/C10H18O/c1-4-9-5-6-10(11-3)7-8(9)2/h6,8-9H,4-5,7H2,1-3H3. The van der Waals surface area contributed by atoms with Gasteiger partial charge in [0.2, 0.25) is 0 Å². The summed E-state index contributed by atoms with van der Waals surface area (Å²) in [6.07, 6.45) is 5.89. The van der Waals surface area contributed by atoms with Crippen molar-refractivity contribution in [3.8, 4) is 0 Å². The van der Waals surface area contributed by atoms with E-state index in [0.29, 0.717) is 0 Å². The smallest absolute Gasteiger partial charge is 0.0918 e. The van der Waals surface area contributed by atoms with Gasteiger partial charge >= 0.3 is 0 Å². The number of hydrogen-bond donors (Lipinski definition) is 0. The first-order chi connectivity index (χ1) is 5.27. The van der Waals surface area contributed by atoms with Crippen LogP contribution in [0.4, 0.5) is 0 Å². The molecule has 0 aliphatic heterocycles. The van der Waals surface area contributed by atoms with E-state index in [9.17, 15) is 0 Å². The van der Waals surface area contributed by atoms with Crippen LogP contribution in [0.1, 0.15) is 33.1 Å². The molecule has 11 heavy (non-hydrogen) atoms. The molecule has 1 heteroatoms. The molecule has 0 saturated heterocycles. The largest absolute Gasteiger partial charge is 0.501 e. The molecule has 1 aliphatic carbocycles. The molecule has 1 rings (SSSR count). The van der Waals surface area contributed by atoms with Crippen LogP contribution < -0.4 is 0 Å². The zero-order valence-corrected chi connectivity index (χ0v) is 7.76. The summed E-state index contributed by atoms with van der Waals surface area (Å²) in [6.45, 7) is 4.59. The second kappa shape index (κ2) is 3.80. The zero-order valence-electron chi connectivity index (χ0n) is 7.76. The van der Waals surface area contributed by atoms with Crippen molar-refractivity contribution in [2.24, 2.45) is 11.8 Å². The van der Waals surface area contributed by atoms with Crippen LogP contribution >= 0.6 is 0 Å². The van der Waals surface area contributed by atoms with Gasteiger partial charge < -0.3 is 4.74 Å². The summed E-state index contributed by atoms with van der Waals surface area (Å²) >= 11 is 0. The minimum Gasteiger partial charge on any atom is -0.501 e. The van der Waals surface area contributed by atoms with Gasteiger partial charge in [-0.25, -0.2) is 0 Å². The summed E-state index contributed by atoms with van der Waals surface area (Å²) in [5.74, 6) is 2.87. The van der Waals surface area contributed by atoms with Gasteiger partial charge in [0.25, 0.3) is 0 Å². The van der Waals surface area contributed by atoms with Crippen molar-refractivity contribution in [1.29, 1.82) is 0 Å². The maximum Gasteiger partial charge on any atom is 0.0918 e. The van der Waals surface area contributed by atoms with Gasteiger partial charge in [-0.1, -0.05) is 20.3 Å². The van der Waals surface area contributed by atoms with Crippen molar-refractivity contribution >= 4 is 0 Å². The maximum atomic E-state index is 5.22. The van der Waals surface area contributed by atoms with E-state index in [-0.39, 0.29) is 0 Å². The zero-order chi connectivity index (χ0) is 8.27. The molecule has 0 bridgehead atoms. The second-order valence-electron chi connectivity index (χ2n) is 3.46. The van der Waals surface area contributed by atoms with E-state index in [2.05, 4.69) is 19.9 Å². The van der Waals surface area contributed by atoms with E-state index < -0.39 is 0 Å². The van der Waals surface area contributed by atoms with E-state index >= 15 is 0 Å². The molecule has 64 valence electrons. The first kappa shape index (κ1) is 8.63. The van der Waals surface area contributed by atoms with Gasteiger partial charge in [0.05, 0.1) is 12.9 Å². The van der Waals surface area contributed by atoms with E-state index in [4.69, 9.17) is 4.74 Å². The molecule has 0 N–H and O–H groups in total. The molecule has 1 nitrogen and oxygen atoms in total. The van der Waals surface area contributed by atoms with Gasteiger partial charge in [-0.05, 0) is 24.3 Å². The fourth-order valence-corrected chi connectivity index (χ4v) is 1.82. The van der Waals surface area contributed by atoms with Crippen molar-refractivity contribution in [3.63, 3.8) is 0 Å². The monoisotopic (exact) mass is 154 g/mol. The van der Waals surface area contributed by atoms with E-state index in [1.165, 1.54) is 18.6 Å². The SMILES string of the molecule is CCC1CC=C(OC)CC1C. The van der Waals surface area contributed by atoms with Crippen LogP contribution in [-0.4, -0.2) is 7.11 Å². The lowest BCUT2D eigenvalue weighted by Crippen LogP contribution is -2.15.